The van der Waals surface area contributed by atoms with Crippen molar-refractivity contribution >= 4 is 47.9 Å². The van der Waals surface area contributed by atoms with E-state index in [4.69, 9.17) is 53.4 Å². The van der Waals surface area contributed by atoms with Crippen molar-refractivity contribution in [2.24, 2.45) is 17.8 Å². The van der Waals surface area contributed by atoms with E-state index in [0.29, 0.717) is 64.1 Å². The molecule has 9 aromatic rings. The molecular formula is C99H109F18O23P3. The standard InChI is InChI=1S/C34H42F4O11P2.C33H33F7O5.C32H34F7O7P/c1-19(2)29-16-30(23(6)14-31(29)35)28-10-7-20(3)11-24(28)9-8-22(5)32(25-12-21(4)13-26(15-25)34(36,37)38)49-33(39)48-27(17-46-50(40,41)42)18-47-51(43,44)45;1-17(2)26-15-27(20(5)11-28(26)34)25-9-6-18(3)10-21(25)8-7-19(4)30(45-31(43)44-16-29(41)42)22-12-23(32(35,36)37)14-24(13-22)33(38,39)40;1-17(2)26-15-27(20(5)11-28(26)33)25-9-6-18(3)10-21(25)8-7-19(4)29(46-30(40)44-16-45-47(41,42)43)22-12-23(31(34,35)36)14-24(13-22)32(37,38)39/h7,10-16,19,22,27,32H,8-9,17-18H2,1-6H3,(H2,40,41,42)(H2,43,44,45);6,9-15,17,19,30H,7-8,16H2,1-5H3,(H,41,42);6,9-15,17,19,29H,7-8,16H2,1-5H3,(H2,41,42,43)/t22-,32+;19-,30+;19-,29+/m111/s1. The van der Waals surface area contributed by atoms with Crippen LogP contribution >= 0.6 is 23.5 Å². The number of carboxylic acid groups (broad SMARTS) is 1. The highest BCUT2D eigenvalue weighted by atomic mass is 31.2. The van der Waals surface area contributed by atoms with Gasteiger partial charge < -0.3 is 62.9 Å². The Bertz CT molecular complexity index is 6030. The highest BCUT2D eigenvalue weighted by molar-refractivity contribution is 7.46. The first-order valence-corrected chi connectivity index (χ1v) is 48.7. The van der Waals surface area contributed by atoms with Gasteiger partial charge in [0, 0.05) is 0 Å². The van der Waals surface area contributed by atoms with Gasteiger partial charge in [-0.15, -0.1) is 0 Å². The predicted octanol–water partition coefficient (Wildman–Crippen LogP) is 28.2. The largest absolute Gasteiger partial charge is 0.511 e. The van der Waals surface area contributed by atoms with Crippen LogP contribution in [0.25, 0.3) is 33.4 Å². The van der Waals surface area contributed by atoms with E-state index in [-0.39, 0.29) is 90.6 Å². The second-order valence-electron chi connectivity index (χ2n) is 35.6. The molecule has 0 saturated carbocycles. The number of carbonyl (C=O) groups is 4. The van der Waals surface area contributed by atoms with E-state index in [0.717, 1.165) is 78.9 Å². The highest BCUT2D eigenvalue weighted by Gasteiger charge is 2.43. The molecule has 9 rings (SSSR count). The number of phosphoric acid groups is 3. The van der Waals surface area contributed by atoms with Gasteiger partial charge in [-0.3, -0.25) is 9.05 Å². The lowest BCUT2D eigenvalue weighted by molar-refractivity contribution is -0.145. The van der Waals surface area contributed by atoms with Gasteiger partial charge in [0.2, 0.25) is 6.79 Å². The second kappa shape index (κ2) is 49.5. The quantitative estimate of drug-likeness (QED) is 0.00630. The molecule has 23 nitrogen and oxygen atoms in total. The Hall–Kier alpha value is -10.7. The van der Waals surface area contributed by atoms with Crippen molar-refractivity contribution in [3.63, 3.8) is 0 Å². The molecule has 0 aliphatic carbocycles. The Kier molecular flexibility index (Phi) is 41.3. The minimum Gasteiger partial charge on any atom is -0.479 e. The summed E-state index contributed by atoms with van der Waals surface area (Å²) in [4.78, 5) is 102. The summed E-state index contributed by atoms with van der Waals surface area (Å²) >= 11 is 0. The van der Waals surface area contributed by atoms with Crippen LogP contribution in [0.1, 0.15) is 234 Å². The zero-order valence-corrected chi connectivity index (χ0v) is 82.7. The van der Waals surface area contributed by atoms with E-state index in [9.17, 15) is 112 Å². The number of carboxylic acids is 1. The molecule has 0 radical (unpaired) electrons. The molecule has 143 heavy (non-hydrogen) atoms. The van der Waals surface area contributed by atoms with Gasteiger partial charge in [-0.1, -0.05) is 145 Å². The van der Waals surface area contributed by atoms with Crippen LogP contribution in [0.15, 0.2) is 146 Å². The molecule has 0 unspecified atom stereocenters. The fraction of sp³-hybridized carbons (Fsp3) is 0.414. The number of hydrogen-bond donors (Lipinski definition) is 7. The minimum atomic E-state index is -5.18. The third-order valence-electron chi connectivity index (χ3n) is 22.8. The number of carbonyl (C=O) groups excluding carboxylic acids is 3. The molecule has 0 bridgehead atoms. The summed E-state index contributed by atoms with van der Waals surface area (Å²) in [6.07, 6.45) is -35.4. The normalized spacial score (nSPS) is 13.7. The van der Waals surface area contributed by atoms with E-state index in [1.54, 1.807) is 39.8 Å². The molecule has 0 spiro atoms. The molecule has 0 aliphatic heterocycles. The van der Waals surface area contributed by atoms with Crippen LogP contribution in [0.2, 0.25) is 0 Å². The molecule has 784 valence electrons. The van der Waals surface area contributed by atoms with Crippen LogP contribution in [0.3, 0.4) is 0 Å². The fourth-order valence-corrected chi connectivity index (χ4v) is 16.6. The van der Waals surface area contributed by atoms with Gasteiger partial charge in [0.25, 0.3) is 0 Å². The summed E-state index contributed by atoms with van der Waals surface area (Å²) in [5.41, 5.74) is 4.79. The van der Waals surface area contributed by atoms with Crippen LogP contribution in [-0.2, 0) is 111 Å². The van der Waals surface area contributed by atoms with Crippen LogP contribution in [-0.4, -0.2) is 91.6 Å². The van der Waals surface area contributed by atoms with Crippen molar-refractivity contribution in [3.8, 4) is 33.4 Å². The average Bonchev–Trinajstić information content (AvgIpc) is 0.794. The second-order valence-corrected chi connectivity index (χ2v) is 39.3. The van der Waals surface area contributed by atoms with Crippen molar-refractivity contribution in [2.75, 3.05) is 26.6 Å². The smallest absolute Gasteiger partial charge is 0.479 e. The summed E-state index contributed by atoms with van der Waals surface area (Å²) in [7, 11) is -15.4. The lowest BCUT2D eigenvalue weighted by atomic mass is 9.86. The lowest BCUT2D eigenvalue weighted by Crippen LogP contribution is -2.30. The van der Waals surface area contributed by atoms with Crippen molar-refractivity contribution in [3.05, 3.63) is 280 Å². The van der Waals surface area contributed by atoms with Crippen molar-refractivity contribution in [2.45, 2.75) is 222 Å². The van der Waals surface area contributed by atoms with Crippen LogP contribution in [0.4, 0.5) is 93.4 Å². The van der Waals surface area contributed by atoms with E-state index < -0.39 is 187 Å². The predicted molar refractivity (Wildman–Crippen MR) is 489 cm³/mol. The molecule has 0 amide bonds. The molecule has 7 N–H and O–H groups in total. The van der Waals surface area contributed by atoms with Gasteiger partial charge in [-0.25, -0.2) is 50.6 Å². The number of benzene rings is 9. The summed E-state index contributed by atoms with van der Waals surface area (Å²) in [5, 5.41) is 8.81. The third kappa shape index (κ3) is 36.5. The zero-order chi connectivity index (χ0) is 108. The first-order valence-electron chi connectivity index (χ1n) is 44.1. The Morgan fingerprint density at radius 3 is 0.867 bits per heavy atom. The summed E-state index contributed by atoms with van der Waals surface area (Å²) in [6, 6.07) is 31.5. The molecule has 0 heterocycles. The molecule has 44 heteroatoms. The number of halogens is 18. The van der Waals surface area contributed by atoms with E-state index >= 15 is 0 Å². The van der Waals surface area contributed by atoms with Crippen molar-refractivity contribution in [1.29, 1.82) is 0 Å². The molecular weight excluding hydrogens is 1990 g/mol. The molecule has 0 aliphatic rings. The van der Waals surface area contributed by atoms with Gasteiger partial charge in [0.05, 0.1) is 41.0 Å². The summed E-state index contributed by atoms with van der Waals surface area (Å²) in [6.45, 7) is 23.5. The van der Waals surface area contributed by atoms with Crippen molar-refractivity contribution in [1.82, 2.24) is 0 Å². The summed E-state index contributed by atoms with van der Waals surface area (Å²) in [5.74, 6) is -5.36. The number of hydrogen-bond acceptors (Lipinski definition) is 16. The maximum absolute atomic E-state index is 14.8. The molecule has 9 aromatic carbocycles. The Balaban J connectivity index is 0.000000292. The van der Waals surface area contributed by atoms with Gasteiger partial charge >= 0.3 is 78.8 Å². The van der Waals surface area contributed by atoms with Crippen LogP contribution in [0.5, 0.6) is 0 Å². The Morgan fingerprint density at radius 2 is 0.594 bits per heavy atom. The van der Waals surface area contributed by atoms with E-state index in [2.05, 4.69) is 23.0 Å². The molecule has 6 atom stereocenters. The fourth-order valence-electron chi connectivity index (χ4n) is 15.7. The monoisotopic (exact) mass is 2100 g/mol. The van der Waals surface area contributed by atoms with Gasteiger partial charge in [-0.05, 0) is 308 Å². The number of phosphoric ester groups is 3. The lowest BCUT2D eigenvalue weighted by Gasteiger charge is -2.27. The minimum absolute atomic E-state index is 0.0262. The van der Waals surface area contributed by atoms with Crippen LogP contribution in [0, 0.1) is 83.7 Å². The molecule has 0 fully saturated rings. The first kappa shape index (κ1) is 119. The SMILES string of the molecule is Cc1cc([C@@H](OC(=O)OC(COP(=O)(O)O)COP(=O)(O)O)[C@H](C)CCc2cc(C)ccc2-c2cc(C(C)C)c(F)cc2C)cc(C(F)(F)F)c1.Cc1ccc(-c2cc(C(C)C)c(F)cc2C)c(CC[C@@H](C)[C@H](OC(=O)OCC(=O)O)c2cc(C(F)(F)F)cc(C(F)(F)F)c2)c1.Cc1ccc(-c2cc(C(C)C)c(F)cc2C)c(CC[C@@H](C)[C@H](OC(=O)OCOP(=O)(O)O)c2cc(C(F)(F)F)cc(C(F)(F)F)c2)c1. The molecule has 0 saturated heterocycles. The number of ether oxygens (including phenoxy) is 6. The van der Waals surface area contributed by atoms with Crippen LogP contribution < -0.4 is 0 Å². The van der Waals surface area contributed by atoms with Crippen molar-refractivity contribution < 1.29 is 188 Å². The number of aryl methyl sites for hydroxylation is 10. The number of alkyl halides is 15. The number of rotatable bonds is 36. The maximum Gasteiger partial charge on any atom is 0.511 e. The van der Waals surface area contributed by atoms with E-state index in [1.807, 2.05) is 123 Å². The maximum atomic E-state index is 14.8. The number of aliphatic carboxylic acids is 1. The summed E-state index contributed by atoms with van der Waals surface area (Å²) < 4.78 is 325. The zero-order valence-electron chi connectivity index (χ0n) is 80.0. The first-order chi connectivity index (χ1) is 65.8. The van der Waals surface area contributed by atoms with E-state index in [1.165, 1.54) is 45.0 Å². The highest BCUT2D eigenvalue weighted by Crippen LogP contribution is 2.48. The van der Waals surface area contributed by atoms with Gasteiger partial charge in [0.1, 0.15) is 35.8 Å². The Morgan fingerprint density at radius 1 is 0.322 bits per heavy atom. The Labute approximate surface area is 812 Å². The molecule has 0 aromatic heterocycles. The van der Waals surface area contributed by atoms with Gasteiger partial charge in [0.15, 0.2) is 12.7 Å². The topological polar surface area (TPSA) is 344 Å². The van der Waals surface area contributed by atoms with Gasteiger partial charge in [-0.2, -0.15) is 65.9 Å². The average molecular weight is 2100 g/mol. The third-order valence-corrected chi connectivity index (χ3v) is 24.3.